The number of fused-ring (bicyclic) bond motifs is 1. The number of likely N-dealkylation sites (tertiary alicyclic amines) is 1. The molecule has 0 radical (unpaired) electrons. The SMILES string of the molecule is COc1ccc([C@@H]2CN(C(=O)Cc3ccc(F)cc3)C[C@@]2(C)[C@@H](C)O)cc1OC1Cc2ccccc2C1. The molecular formula is C31H34FNO4. The van der Waals surface area contributed by atoms with Gasteiger partial charge in [0.2, 0.25) is 5.91 Å². The van der Waals surface area contributed by atoms with Gasteiger partial charge in [-0.3, -0.25) is 4.79 Å². The van der Waals surface area contributed by atoms with Gasteiger partial charge in [-0.2, -0.15) is 0 Å². The van der Waals surface area contributed by atoms with Crippen LogP contribution in [0.3, 0.4) is 0 Å². The Kier molecular flexibility index (Phi) is 6.95. The average molecular weight is 504 g/mol. The fourth-order valence-corrected chi connectivity index (χ4v) is 5.79. The van der Waals surface area contributed by atoms with Crippen LogP contribution in [0.2, 0.25) is 0 Å². The quantitative estimate of drug-likeness (QED) is 0.497. The number of nitrogens with zero attached hydrogens (tertiary/aromatic N) is 1. The Morgan fingerprint density at radius 3 is 2.38 bits per heavy atom. The Labute approximate surface area is 217 Å². The van der Waals surface area contributed by atoms with E-state index < -0.39 is 11.5 Å². The maximum absolute atomic E-state index is 13.3. The highest BCUT2D eigenvalue weighted by molar-refractivity contribution is 5.79. The minimum absolute atomic E-state index is 0.0297. The summed E-state index contributed by atoms with van der Waals surface area (Å²) in [5.41, 5.74) is 3.87. The zero-order valence-electron chi connectivity index (χ0n) is 21.6. The van der Waals surface area contributed by atoms with Crippen molar-refractivity contribution >= 4 is 5.91 Å². The molecule has 1 aliphatic heterocycles. The average Bonchev–Trinajstić information content (AvgIpc) is 3.46. The summed E-state index contributed by atoms with van der Waals surface area (Å²) in [6.07, 6.45) is 1.30. The molecule has 1 saturated heterocycles. The number of amides is 1. The van der Waals surface area contributed by atoms with Crippen molar-refractivity contribution in [3.63, 3.8) is 0 Å². The van der Waals surface area contributed by atoms with Crippen molar-refractivity contribution in [2.24, 2.45) is 5.41 Å². The Hall–Kier alpha value is -3.38. The van der Waals surface area contributed by atoms with Crippen molar-refractivity contribution in [3.05, 3.63) is 94.8 Å². The van der Waals surface area contributed by atoms with Gasteiger partial charge in [0.25, 0.3) is 0 Å². The van der Waals surface area contributed by atoms with Crippen LogP contribution in [0.4, 0.5) is 4.39 Å². The lowest BCUT2D eigenvalue weighted by molar-refractivity contribution is -0.130. The number of methoxy groups -OCH3 is 1. The fourth-order valence-electron chi connectivity index (χ4n) is 5.79. The molecule has 2 aliphatic rings. The first-order valence-corrected chi connectivity index (χ1v) is 12.9. The summed E-state index contributed by atoms with van der Waals surface area (Å²) in [4.78, 5) is 15.0. The highest BCUT2D eigenvalue weighted by Crippen LogP contribution is 2.47. The van der Waals surface area contributed by atoms with E-state index in [-0.39, 0.29) is 30.2 Å². The standard InChI is InChI=1S/C31H34FNO4/c1-20(34)31(2)19-33(30(35)14-21-8-11-25(32)12-9-21)18-27(31)24-10-13-28(36-3)29(17-24)37-26-15-22-6-4-5-7-23(22)16-26/h4-13,17,20,26-27,34H,14-16,18-19H2,1-3H3/t20-,27+,31+/m1/s1. The van der Waals surface area contributed by atoms with Crippen molar-refractivity contribution in [1.29, 1.82) is 0 Å². The topological polar surface area (TPSA) is 59.0 Å². The van der Waals surface area contributed by atoms with Gasteiger partial charge in [0.15, 0.2) is 11.5 Å². The van der Waals surface area contributed by atoms with Crippen LogP contribution in [0.5, 0.6) is 11.5 Å². The van der Waals surface area contributed by atoms with Crippen LogP contribution in [0.1, 0.15) is 42.0 Å². The second kappa shape index (κ2) is 10.2. The van der Waals surface area contributed by atoms with E-state index in [2.05, 4.69) is 24.3 Å². The highest BCUT2D eigenvalue weighted by Gasteiger charge is 2.48. The van der Waals surface area contributed by atoms with Crippen LogP contribution in [0.25, 0.3) is 0 Å². The number of carbonyl (C=O) groups is 1. The summed E-state index contributed by atoms with van der Waals surface area (Å²) in [5, 5.41) is 10.8. The summed E-state index contributed by atoms with van der Waals surface area (Å²) in [7, 11) is 1.64. The Morgan fingerprint density at radius 1 is 1.08 bits per heavy atom. The van der Waals surface area contributed by atoms with E-state index in [1.165, 1.54) is 23.3 Å². The normalized spacial score (nSPS) is 22.1. The molecule has 0 unspecified atom stereocenters. The second-order valence-electron chi connectivity index (χ2n) is 10.6. The van der Waals surface area contributed by atoms with E-state index >= 15 is 0 Å². The van der Waals surface area contributed by atoms with E-state index in [1.807, 2.05) is 30.0 Å². The van der Waals surface area contributed by atoms with Gasteiger partial charge in [-0.1, -0.05) is 49.4 Å². The smallest absolute Gasteiger partial charge is 0.227 e. The van der Waals surface area contributed by atoms with E-state index in [0.29, 0.717) is 24.6 Å². The highest BCUT2D eigenvalue weighted by atomic mass is 19.1. The third-order valence-electron chi connectivity index (χ3n) is 8.20. The predicted molar refractivity (Wildman–Crippen MR) is 140 cm³/mol. The third-order valence-corrected chi connectivity index (χ3v) is 8.20. The molecule has 0 saturated carbocycles. The van der Waals surface area contributed by atoms with E-state index in [1.54, 1.807) is 26.2 Å². The molecule has 1 heterocycles. The molecule has 0 aromatic heterocycles. The molecule has 1 aliphatic carbocycles. The summed E-state index contributed by atoms with van der Waals surface area (Å²) in [5.74, 6) is 0.911. The molecule has 194 valence electrons. The van der Waals surface area contributed by atoms with Crippen molar-refractivity contribution in [3.8, 4) is 11.5 Å². The molecule has 0 bridgehead atoms. The number of aliphatic hydroxyl groups is 1. The Bertz CT molecular complexity index is 1250. The molecule has 3 aromatic carbocycles. The summed E-state index contributed by atoms with van der Waals surface area (Å²) in [6, 6.07) is 20.4. The molecule has 3 aromatic rings. The van der Waals surface area contributed by atoms with Crippen LogP contribution < -0.4 is 9.47 Å². The zero-order valence-corrected chi connectivity index (χ0v) is 21.6. The number of hydrogen-bond acceptors (Lipinski definition) is 4. The third kappa shape index (κ3) is 5.08. The first kappa shape index (κ1) is 25.3. The van der Waals surface area contributed by atoms with Gasteiger partial charge in [-0.15, -0.1) is 0 Å². The molecule has 1 N–H and O–H groups in total. The van der Waals surface area contributed by atoms with Crippen LogP contribution in [0.15, 0.2) is 66.7 Å². The largest absolute Gasteiger partial charge is 0.493 e. The molecule has 5 rings (SSSR count). The van der Waals surface area contributed by atoms with Gasteiger partial charge in [-0.05, 0) is 53.4 Å². The van der Waals surface area contributed by atoms with E-state index in [4.69, 9.17) is 9.47 Å². The second-order valence-corrected chi connectivity index (χ2v) is 10.6. The Morgan fingerprint density at radius 2 is 1.76 bits per heavy atom. The van der Waals surface area contributed by atoms with Crippen molar-refractivity contribution < 1.29 is 23.8 Å². The number of carbonyl (C=O) groups excluding carboxylic acids is 1. The van der Waals surface area contributed by atoms with Gasteiger partial charge >= 0.3 is 0 Å². The predicted octanol–water partition coefficient (Wildman–Crippen LogP) is 4.94. The maximum Gasteiger partial charge on any atom is 0.227 e. The molecular weight excluding hydrogens is 469 g/mol. The first-order valence-electron chi connectivity index (χ1n) is 12.9. The Balaban J connectivity index is 1.37. The van der Waals surface area contributed by atoms with Crippen LogP contribution in [-0.2, 0) is 24.1 Å². The van der Waals surface area contributed by atoms with Crippen molar-refractivity contribution in [1.82, 2.24) is 4.90 Å². The number of halogens is 1. The minimum atomic E-state index is -0.628. The monoisotopic (exact) mass is 503 g/mol. The summed E-state index contributed by atoms with van der Waals surface area (Å²) < 4.78 is 25.4. The lowest BCUT2D eigenvalue weighted by atomic mass is 9.72. The lowest BCUT2D eigenvalue weighted by Crippen LogP contribution is -2.38. The lowest BCUT2D eigenvalue weighted by Gasteiger charge is -2.34. The van der Waals surface area contributed by atoms with Gasteiger partial charge in [0.1, 0.15) is 11.9 Å². The van der Waals surface area contributed by atoms with Gasteiger partial charge in [0.05, 0.1) is 19.6 Å². The molecule has 37 heavy (non-hydrogen) atoms. The molecule has 1 amide bonds. The van der Waals surface area contributed by atoms with Crippen molar-refractivity contribution in [2.45, 2.75) is 51.2 Å². The van der Waals surface area contributed by atoms with Crippen molar-refractivity contribution in [2.75, 3.05) is 20.2 Å². The van der Waals surface area contributed by atoms with E-state index in [0.717, 1.165) is 24.0 Å². The van der Waals surface area contributed by atoms with E-state index in [9.17, 15) is 14.3 Å². The number of rotatable bonds is 7. The molecule has 5 nitrogen and oxygen atoms in total. The molecule has 3 atom stereocenters. The zero-order chi connectivity index (χ0) is 26.2. The number of ether oxygens (including phenoxy) is 2. The fraction of sp³-hybridized carbons (Fsp3) is 0.387. The van der Waals surface area contributed by atoms with Crippen LogP contribution in [0, 0.1) is 11.2 Å². The number of benzene rings is 3. The van der Waals surface area contributed by atoms with Gasteiger partial charge < -0.3 is 19.5 Å². The number of aliphatic hydroxyl groups excluding tert-OH is 1. The van der Waals surface area contributed by atoms with Crippen LogP contribution in [-0.4, -0.2) is 48.3 Å². The number of hydrogen-bond donors (Lipinski definition) is 1. The molecule has 0 spiro atoms. The summed E-state index contributed by atoms with van der Waals surface area (Å²) >= 11 is 0. The maximum atomic E-state index is 13.3. The molecule has 1 fully saturated rings. The minimum Gasteiger partial charge on any atom is -0.493 e. The van der Waals surface area contributed by atoms with Crippen LogP contribution >= 0.6 is 0 Å². The van der Waals surface area contributed by atoms with Gasteiger partial charge in [-0.25, -0.2) is 4.39 Å². The first-order chi connectivity index (χ1) is 17.8. The molecule has 6 heteroatoms. The summed E-state index contributed by atoms with van der Waals surface area (Å²) in [6.45, 7) is 4.75. The van der Waals surface area contributed by atoms with Gasteiger partial charge in [0, 0.05) is 37.3 Å².